The molecular weight excluding hydrogens is 328 g/mol. The van der Waals surface area contributed by atoms with Crippen molar-refractivity contribution < 1.29 is 0 Å². The highest BCUT2D eigenvalue weighted by atomic mass is 79.9. The minimum absolute atomic E-state index is 0.554. The van der Waals surface area contributed by atoms with Gasteiger partial charge in [0.25, 0.3) is 0 Å². The lowest BCUT2D eigenvalue weighted by Crippen LogP contribution is -2.03. The summed E-state index contributed by atoms with van der Waals surface area (Å²) in [5.74, 6) is 0. The van der Waals surface area contributed by atoms with Crippen LogP contribution in [0.1, 0.15) is 23.3 Å². The van der Waals surface area contributed by atoms with Crippen molar-refractivity contribution in [3.63, 3.8) is 0 Å². The van der Waals surface area contributed by atoms with Crippen LogP contribution < -0.4 is 0 Å². The van der Waals surface area contributed by atoms with Crippen LogP contribution in [-0.2, 0) is 12.8 Å². The van der Waals surface area contributed by atoms with Crippen LogP contribution in [0.3, 0.4) is 0 Å². The fraction of sp³-hybridized carbons (Fsp3) is 0.333. The van der Waals surface area contributed by atoms with Crippen LogP contribution in [0.15, 0.2) is 41.8 Å². The Morgan fingerprint density at radius 3 is 2.61 bits per heavy atom. The lowest BCUT2D eigenvalue weighted by Gasteiger charge is -2.09. The fourth-order valence-electron chi connectivity index (χ4n) is 1.93. The molecule has 0 amide bonds. The Labute approximate surface area is 126 Å². The van der Waals surface area contributed by atoms with E-state index in [-0.39, 0.29) is 0 Å². The second kappa shape index (κ2) is 7.32. The normalized spacial score (nSPS) is 12.6. The van der Waals surface area contributed by atoms with Gasteiger partial charge in [0.05, 0.1) is 0 Å². The van der Waals surface area contributed by atoms with Crippen molar-refractivity contribution in [2.24, 2.45) is 0 Å². The molecule has 1 atom stereocenters. The smallest absolute Gasteiger partial charge is 0.0406 e. The minimum Gasteiger partial charge on any atom is -0.149 e. The number of alkyl halides is 1. The maximum atomic E-state index is 5.88. The maximum absolute atomic E-state index is 5.88. The van der Waals surface area contributed by atoms with Crippen LogP contribution in [0, 0.1) is 0 Å². The second-order valence-corrected chi connectivity index (χ2v) is 7.16. The van der Waals surface area contributed by atoms with Crippen molar-refractivity contribution in [3.05, 3.63) is 57.2 Å². The topological polar surface area (TPSA) is 0 Å². The molecule has 0 aliphatic rings. The molecule has 0 radical (unpaired) electrons. The van der Waals surface area contributed by atoms with Gasteiger partial charge in [-0.25, -0.2) is 0 Å². The first-order valence-electron chi connectivity index (χ1n) is 6.15. The van der Waals surface area contributed by atoms with E-state index < -0.39 is 0 Å². The van der Waals surface area contributed by atoms with Gasteiger partial charge in [0.2, 0.25) is 0 Å². The lowest BCUT2D eigenvalue weighted by molar-refractivity contribution is 0.705. The highest BCUT2D eigenvalue weighted by molar-refractivity contribution is 9.09. The van der Waals surface area contributed by atoms with Crippen molar-refractivity contribution in [3.8, 4) is 0 Å². The predicted octanol–water partition coefficient (Wildman–Crippen LogP) is 5.73. The minimum atomic E-state index is 0.554. The van der Waals surface area contributed by atoms with Crippen molar-refractivity contribution >= 4 is 38.9 Å². The molecule has 0 N–H and O–H groups in total. The van der Waals surface area contributed by atoms with Gasteiger partial charge in [0.15, 0.2) is 0 Å². The van der Waals surface area contributed by atoms with Gasteiger partial charge >= 0.3 is 0 Å². The summed E-state index contributed by atoms with van der Waals surface area (Å²) in [6.07, 6.45) is 4.71. The second-order valence-electron chi connectivity index (χ2n) is 4.40. The summed E-state index contributed by atoms with van der Waals surface area (Å²) in [5.41, 5.74) is 1.34. The third kappa shape index (κ3) is 4.75. The van der Waals surface area contributed by atoms with Crippen molar-refractivity contribution in [1.29, 1.82) is 0 Å². The Morgan fingerprint density at radius 2 is 1.94 bits per heavy atom. The highest BCUT2D eigenvalue weighted by Crippen LogP contribution is 2.19. The van der Waals surface area contributed by atoms with E-state index in [0.717, 1.165) is 11.4 Å². The predicted molar refractivity (Wildman–Crippen MR) is 85.1 cm³/mol. The average Bonchev–Trinajstić information content (AvgIpc) is 2.85. The van der Waals surface area contributed by atoms with E-state index in [0.29, 0.717) is 4.83 Å². The Kier molecular flexibility index (Phi) is 5.74. The van der Waals surface area contributed by atoms with Crippen LogP contribution in [-0.4, -0.2) is 4.83 Å². The first kappa shape index (κ1) is 14.1. The molecule has 1 unspecified atom stereocenters. The van der Waals surface area contributed by atoms with Crippen molar-refractivity contribution in [1.82, 2.24) is 0 Å². The molecule has 0 spiro atoms. The van der Waals surface area contributed by atoms with Crippen LogP contribution in [0.5, 0.6) is 0 Å². The van der Waals surface area contributed by atoms with E-state index in [1.54, 1.807) is 0 Å². The van der Waals surface area contributed by atoms with E-state index in [4.69, 9.17) is 11.6 Å². The molecule has 3 heteroatoms. The van der Waals surface area contributed by atoms with Gasteiger partial charge in [-0.2, -0.15) is 0 Å². The first-order chi connectivity index (χ1) is 8.74. The van der Waals surface area contributed by atoms with E-state index in [1.807, 2.05) is 23.5 Å². The van der Waals surface area contributed by atoms with Gasteiger partial charge < -0.3 is 0 Å². The van der Waals surface area contributed by atoms with Crippen LogP contribution >= 0.6 is 38.9 Å². The van der Waals surface area contributed by atoms with Gasteiger partial charge in [0.1, 0.15) is 0 Å². The van der Waals surface area contributed by atoms with E-state index in [2.05, 4.69) is 45.6 Å². The molecule has 0 saturated heterocycles. The Hall–Kier alpha value is -0.310. The maximum Gasteiger partial charge on any atom is 0.0406 e. The van der Waals surface area contributed by atoms with Crippen LogP contribution in [0.2, 0.25) is 5.02 Å². The number of aryl methyl sites for hydroxylation is 1. The standard InChI is InChI=1S/C15H16BrClS/c16-13(3-1-4-15-5-2-10-18-15)11-12-6-8-14(17)9-7-12/h2,5-10,13H,1,3-4,11H2. The van der Waals surface area contributed by atoms with Gasteiger partial charge in [-0.15, -0.1) is 11.3 Å². The van der Waals surface area contributed by atoms with Gasteiger partial charge in [0, 0.05) is 14.7 Å². The molecule has 96 valence electrons. The first-order valence-corrected chi connectivity index (χ1v) is 8.32. The summed E-state index contributed by atoms with van der Waals surface area (Å²) in [7, 11) is 0. The summed E-state index contributed by atoms with van der Waals surface area (Å²) in [6.45, 7) is 0. The van der Waals surface area contributed by atoms with Crippen LogP contribution in [0.25, 0.3) is 0 Å². The quantitative estimate of drug-likeness (QED) is 0.587. The lowest BCUT2D eigenvalue weighted by atomic mass is 10.1. The number of benzene rings is 1. The zero-order valence-electron chi connectivity index (χ0n) is 10.1. The summed E-state index contributed by atoms with van der Waals surface area (Å²) in [5, 5.41) is 2.96. The van der Waals surface area contributed by atoms with Gasteiger partial charge in [-0.05, 0) is 54.8 Å². The monoisotopic (exact) mass is 342 g/mol. The molecular formula is C15H16BrClS. The fourth-order valence-corrected chi connectivity index (χ4v) is 3.51. The third-order valence-electron chi connectivity index (χ3n) is 2.89. The molecule has 0 aliphatic heterocycles. The van der Waals surface area contributed by atoms with E-state index in [9.17, 15) is 0 Å². The summed E-state index contributed by atoms with van der Waals surface area (Å²) in [4.78, 5) is 2.04. The summed E-state index contributed by atoms with van der Waals surface area (Å²) >= 11 is 11.5. The van der Waals surface area contributed by atoms with Crippen LogP contribution in [0.4, 0.5) is 0 Å². The Bertz CT molecular complexity index is 450. The Morgan fingerprint density at radius 1 is 1.17 bits per heavy atom. The molecule has 0 bridgehead atoms. The molecule has 0 aliphatic carbocycles. The molecule has 0 nitrogen and oxygen atoms in total. The largest absolute Gasteiger partial charge is 0.149 e. The Balaban J connectivity index is 1.71. The molecule has 1 aromatic carbocycles. The van der Waals surface area contributed by atoms with Crippen molar-refractivity contribution in [2.45, 2.75) is 30.5 Å². The summed E-state index contributed by atoms with van der Waals surface area (Å²) < 4.78 is 0. The molecule has 18 heavy (non-hydrogen) atoms. The van der Waals surface area contributed by atoms with E-state index >= 15 is 0 Å². The number of hydrogen-bond acceptors (Lipinski definition) is 1. The number of thiophene rings is 1. The molecule has 0 saturated carbocycles. The number of rotatable bonds is 6. The zero-order valence-corrected chi connectivity index (χ0v) is 13.3. The third-order valence-corrected chi connectivity index (χ3v) is 4.86. The summed E-state index contributed by atoms with van der Waals surface area (Å²) in [6, 6.07) is 12.5. The molecule has 1 aromatic heterocycles. The average molecular weight is 344 g/mol. The number of hydrogen-bond donors (Lipinski definition) is 0. The highest BCUT2D eigenvalue weighted by Gasteiger charge is 2.06. The van der Waals surface area contributed by atoms with Gasteiger partial charge in [-0.1, -0.05) is 45.7 Å². The molecule has 1 heterocycles. The van der Waals surface area contributed by atoms with Gasteiger partial charge in [-0.3, -0.25) is 0 Å². The molecule has 2 aromatic rings. The SMILES string of the molecule is Clc1ccc(CC(Br)CCCc2cccs2)cc1. The molecule has 2 rings (SSSR count). The molecule has 0 fully saturated rings. The van der Waals surface area contributed by atoms with E-state index in [1.165, 1.54) is 29.7 Å². The zero-order chi connectivity index (χ0) is 12.8. The number of halogens is 2. The van der Waals surface area contributed by atoms with Crippen molar-refractivity contribution in [2.75, 3.05) is 0 Å².